The SMILES string of the molecule is CCNC(=NCC(=O)NCCOC)N(C)CCOc1ccc(OC)cc1. The van der Waals surface area contributed by atoms with Crippen LogP contribution in [0.2, 0.25) is 0 Å². The molecule has 0 aliphatic carbocycles. The van der Waals surface area contributed by atoms with Crippen molar-refractivity contribution in [3.63, 3.8) is 0 Å². The summed E-state index contributed by atoms with van der Waals surface area (Å²) in [6, 6.07) is 7.44. The molecule has 8 nitrogen and oxygen atoms in total. The van der Waals surface area contributed by atoms with Crippen LogP contribution in [0.25, 0.3) is 0 Å². The van der Waals surface area contributed by atoms with Crippen LogP contribution >= 0.6 is 0 Å². The first-order chi connectivity index (χ1) is 12.6. The second-order valence-corrected chi connectivity index (χ2v) is 5.46. The normalized spacial score (nSPS) is 11.0. The highest BCUT2D eigenvalue weighted by Crippen LogP contribution is 2.16. The van der Waals surface area contributed by atoms with Gasteiger partial charge >= 0.3 is 0 Å². The number of aliphatic imine (C=N–C) groups is 1. The maximum absolute atomic E-state index is 11.7. The van der Waals surface area contributed by atoms with Gasteiger partial charge in [0.25, 0.3) is 0 Å². The summed E-state index contributed by atoms with van der Waals surface area (Å²) in [4.78, 5) is 18.0. The first-order valence-corrected chi connectivity index (χ1v) is 8.62. The predicted molar refractivity (Wildman–Crippen MR) is 102 cm³/mol. The molecule has 0 heterocycles. The Morgan fingerprint density at radius 2 is 1.81 bits per heavy atom. The lowest BCUT2D eigenvalue weighted by Crippen LogP contribution is -2.41. The van der Waals surface area contributed by atoms with Crippen LogP contribution in [-0.4, -0.2) is 77.4 Å². The van der Waals surface area contributed by atoms with Gasteiger partial charge in [-0.05, 0) is 31.2 Å². The number of methoxy groups -OCH3 is 2. The minimum atomic E-state index is -0.139. The van der Waals surface area contributed by atoms with Gasteiger partial charge in [0.15, 0.2) is 5.96 Å². The average Bonchev–Trinajstić information content (AvgIpc) is 2.65. The highest BCUT2D eigenvalue weighted by Gasteiger charge is 2.07. The van der Waals surface area contributed by atoms with Crippen LogP contribution in [0.3, 0.4) is 0 Å². The summed E-state index contributed by atoms with van der Waals surface area (Å²) < 4.78 is 15.7. The first-order valence-electron chi connectivity index (χ1n) is 8.62. The minimum Gasteiger partial charge on any atom is -0.497 e. The zero-order valence-electron chi connectivity index (χ0n) is 16.1. The summed E-state index contributed by atoms with van der Waals surface area (Å²) in [7, 11) is 5.13. The van der Waals surface area contributed by atoms with E-state index in [0.29, 0.717) is 38.8 Å². The van der Waals surface area contributed by atoms with E-state index < -0.39 is 0 Å². The van der Waals surface area contributed by atoms with Gasteiger partial charge in [0.2, 0.25) is 5.91 Å². The Kier molecular flexibility index (Phi) is 10.6. The largest absolute Gasteiger partial charge is 0.497 e. The molecule has 0 spiro atoms. The zero-order valence-corrected chi connectivity index (χ0v) is 16.1. The molecule has 146 valence electrons. The van der Waals surface area contributed by atoms with Crippen molar-refractivity contribution in [1.29, 1.82) is 0 Å². The summed E-state index contributed by atoms with van der Waals surface area (Å²) in [6.07, 6.45) is 0. The molecule has 1 rings (SSSR count). The summed E-state index contributed by atoms with van der Waals surface area (Å²) in [5.74, 6) is 2.09. The monoisotopic (exact) mass is 366 g/mol. The number of rotatable bonds is 11. The van der Waals surface area contributed by atoms with Gasteiger partial charge < -0.3 is 29.7 Å². The van der Waals surface area contributed by atoms with Gasteiger partial charge in [-0.1, -0.05) is 0 Å². The third kappa shape index (κ3) is 8.57. The second-order valence-electron chi connectivity index (χ2n) is 5.46. The van der Waals surface area contributed by atoms with Crippen molar-refractivity contribution in [2.75, 3.05) is 60.7 Å². The smallest absolute Gasteiger partial charge is 0.241 e. The van der Waals surface area contributed by atoms with Crippen LogP contribution in [0.1, 0.15) is 6.92 Å². The summed E-state index contributed by atoms with van der Waals surface area (Å²) in [5, 5.41) is 5.91. The molecule has 26 heavy (non-hydrogen) atoms. The van der Waals surface area contributed by atoms with Gasteiger partial charge in [-0.15, -0.1) is 0 Å². The van der Waals surface area contributed by atoms with Crippen molar-refractivity contribution >= 4 is 11.9 Å². The van der Waals surface area contributed by atoms with Crippen molar-refractivity contribution in [3.8, 4) is 11.5 Å². The second kappa shape index (κ2) is 12.8. The molecule has 1 aromatic carbocycles. The number of likely N-dealkylation sites (N-methyl/N-ethyl adjacent to an activating group) is 1. The Hall–Kier alpha value is -2.48. The fourth-order valence-corrected chi connectivity index (χ4v) is 2.04. The standard InChI is InChI=1S/C18H30N4O4/c1-5-19-18(21-14-17(23)20-10-12-24-3)22(2)11-13-26-16-8-6-15(25-4)7-9-16/h6-9H,5,10-14H2,1-4H3,(H,19,21)(H,20,23). The fraction of sp³-hybridized carbons (Fsp3) is 0.556. The maximum atomic E-state index is 11.7. The molecular formula is C18H30N4O4. The van der Waals surface area contributed by atoms with E-state index in [2.05, 4.69) is 15.6 Å². The lowest BCUT2D eigenvalue weighted by molar-refractivity contribution is -0.119. The van der Waals surface area contributed by atoms with Crippen molar-refractivity contribution in [1.82, 2.24) is 15.5 Å². The van der Waals surface area contributed by atoms with Gasteiger partial charge in [0.05, 0.1) is 20.3 Å². The van der Waals surface area contributed by atoms with Gasteiger partial charge in [-0.25, -0.2) is 4.99 Å². The van der Waals surface area contributed by atoms with E-state index in [0.717, 1.165) is 11.5 Å². The van der Waals surface area contributed by atoms with E-state index in [1.54, 1.807) is 14.2 Å². The van der Waals surface area contributed by atoms with E-state index in [1.165, 1.54) is 0 Å². The number of nitrogens with one attached hydrogen (secondary N) is 2. The van der Waals surface area contributed by atoms with Gasteiger partial charge in [-0.2, -0.15) is 0 Å². The molecule has 0 aliphatic rings. The molecule has 0 atom stereocenters. The van der Waals surface area contributed by atoms with Crippen LogP contribution in [0, 0.1) is 0 Å². The average molecular weight is 366 g/mol. The third-order valence-electron chi connectivity index (χ3n) is 3.45. The van der Waals surface area contributed by atoms with E-state index in [4.69, 9.17) is 14.2 Å². The van der Waals surface area contributed by atoms with Crippen LogP contribution in [0.15, 0.2) is 29.3 Å². The van der Waals surface area contributed by atoms with Crippen molar-refractivity contribution in [2.24, 2.45) is 4.99 Å². The molecule has 1 amide bonds. The Morgan fingerprint density at radius 1 is 1.12 bits per heavy atom. The van der Waals surface area contributed by atoms with Gasteiger partial charge in [0.1, 0.15) is 24.7 Å². The fourth-order valence-electron chi connectivity index (χ4n) is 2.04. The quantitative estimate of drug-likeness (QED) is 0.341. The number of carbonyl (C=O) groups is 1. The number of ether oxygens (including phenoxy) is 3. The molecule has 8 heteroatoms. The van der Waals surface area contributed by atoms with E-state index in [-0.39, 0.29) is 12.5 Å². The third-order valence-corrected chi connectivity index (χ3v) is 3.45. The van der Waals surface area contributed by atoms with Crippen LogP contribution in [0.4, 0.5) is 0 Å². The van der Waals surface area contributed by atoms with E-state index in [1.807, 2.05) is 43.1 Å². The number of amides is 1. The molecule has 1 aromatic rings. The van der Waals surface area contributed by atoms with Crippen LogP contribution < -0.4 is 20.1 Å². The summed E-state index contributed by atoms with van der Waals surface area (Å²) in [6.45, 7) is 4.85. The van der Waals surface area contributed by atoms with Crippen LogP contribution in [0.5, 0.6) is 11.5 Å². The highest BCUT2D eigenvalue weighted by molar-refractivity contribution is 5.84. The number of nitrogens with zero attached hydrogens (tertiary/aromatic N) is 2. The van der Waals surface area contributed by atoms with Gasteiger partial charge in [-0.3, -0.25) is 4.79 Å². The number of hydrogen-bond acceptors (Lipinski definition) is 5. The van der Waals surface area contributed by atoms with Crippen molar-refractivity contribution < 1.29 is 19.0 Å². The van der Waals surface area contributed by atoms with E-state index >= 15 is 0 Å². The molecule has 0 saturated carbocycles. The number of guanidine groups is 1. The lowest BCUT2D eigenvalue weighted by atomic mass is 10.3. The molecule has 0 radical (unpaired) electrons. The predicted octanol–water partition coefficient (Wildman–Crippen LogP) is 0.734. The Balaban J connectivity index is 2.43. The Labute approximate surface area is 155 Å². The maximum Gasteiger partial charge on any atom is 0.241 e. The molecule has 0 unspecified atom stereocenters. The number of carbonyl (C=O) groups excluding carboxylic acids is 1. The minimum absolute atomic E-state index is 0.0652. The topological polar surface area (TPSA) is 84.4 Å². The molecular weight excluding hydrogens is 336 g/mol. The number of hydrogen-bond donors (Lipinski definition) is 2. The molecule has 0 bridgehead atoms. The zero-order chi connectivity index (χ0) is 19.2. The Morgan fingerprint density at radius 3 is 2.42 bits per heavy atom. The highest BCUT2D eigenvalue weighted by atomic mass is 16.5. The van der Waals surface area contributed by atoms with E-state index in [9.17, 15) is 4.79 Å². The molecule has 0 aliphatic heterocycles. The summed E-state index contributed by atoms with van der Waals surface area (Å²) >= 11 is 0. The lowest BCUT2D eigenvalue weighted by Gasteiger charge is -2.22. The molecule has 0 saturated heterocycles. The number of benzene rings is 1. The van der Waals surface area contributed by atoms with Crippen molar-refractivity contribution in [2.45, 2.75) is 6.92 Å². The summed E-state index contributed by atoms with van der Waals surface area (Å²) in [5.41, 5.74) is 0. The first kappa shape index (κ1) is 21.6. The van der Waals surface area contributed by atoms with Crippen molar-refractivity contribution in [3.05, 3.63) is 24.3 Å². The van der Waals surface area contributed by atoms with Gasteiger partial charge in [0, 0.05) is 27.2 Å². The molecule has 0 aromatic heterocycles. The molecule has 0 fully saturated rings. The van der Waals surface area contributed by atoms with Crippen LogP contribution in [-0.2, 0) is 9.53 Å². The Bertz CT molecular complexity index is 549. The molecule has 2 N–H and O–H groups in total.